The maximum absolute atomic E-state index is 5.66. The molecule has 0 N–H and O–H groups in total. The zero-order chi connectivity index (χ0) is 9.73. The molecule has 78 valence electrons. The Balaban J connectivity index is 2.36. The first-order chi connectivity index (χ1) is 6.20. The predicted molar refractivity (Wildman–Crippen MR) is 50.5 cm³/mol. The molecule has 0 saturated carbocycles. The Bertz CT molecular complexity index is 149. The van der Waals surface area contributed by atoms with E-state index in [-0.39, 0.29) is 0 Å². The molecule has 5 heteroatoms. The molecule has 0 amide bonds. The van der Waals surface area contributed by atoms with Crippen molar-refractivity contribution >= 4 is 8.56 Å². The van der Waals surface area contributed by atoms with Crippen molar-refractivity contribution in [3.8, 4) is 0 Å². The van der Waals surface area contributed by atoms with Gasteiger partial charge in [0.25, 0.3) is 6.48 Å². The lowest BCUT2D eigenvalue weighted by Crippen LogP contribution is -2.41. The zero-order valence-electron chi connectivity index (χ0n) is 8.54. The molecule has 0 aromatic carbocycles. The summed E-state index contributed by atoms with van der Waals surface area (Å²) in [5.74, 6) is 0. The third-order valence-electron chi connectivity index (χ3n) is 2.07. The van der Waals surface area contributed by atoms with Crippen LogP contribution in [0.4, 0.5) is 0 Å². The molecule has 0 radical (unpaired) electrons. The van der Waals surface area contributed by atoms with E-state index in [2.05, 4.69) is 6.92 Å². The fraction of sp³-hybridized carbons (Fsp3) is 1.00. The van der Waals surface area contributed by atoms with Crippen molar-refractivity contribution in [3.63, 3.8) is 0 Å². The molecule has 0 spiro atoms. The second-order valence-corrected chi connectivity index (χ2v) is 6.65. The molecule has 1 rings (SSSR count). The van der Waals surface area contributed by atoms with Gasteiger partial charge >= 0.3 is 8.56 Å². The Hall–Kier alpha value is 0.0569. The highest BCUT2D eigenvalue weighted by Crippen LogP contribution is 2.19. The lowest BCUT2D eigenvalue weighted by atomic mass is 10.6. The molecule has 4 nitrogen and oxygen atoms in total. The summed E-state index contributed by atoms with van der Waals surface area (Å²) >= 11 is 0. The molecular formula is C8H18O4Si. The smallest absolute Gasteiger partial charge is 0.338 e. The summed E-state index contributed by atoms with van der Waals surface area (Å²) in [5, 5.41) is 0. The average Bonchev–Trinajstić information content (AvgIpc) is 2.57. The fourth-order valence-corrected chi connectivity index (χ4v) is 3.14. The van der Waals surface area contributed by atoms with Crippen LogP contribution in [0.1, 0.15) is 13.3 Å². The first kappa shape index (κ1) is 11.1. The van der Waals surface area contributed by atoms with E-state index in [1.165, 1.54) is 0 Å². The standard InChI is InChI=1S/C8H18O4Si/c1-4-7-13(3,9-2)12-8-10-5-6-11-8/h8H,4-7H2,1-3H3. The van der Waals surface area contributed by atoms with Gasteiger partial charge in [0, 0.05) is 7.11 Å². The molecule has 1 unspecified atom stereocenters. The maximum atomic E-state index is 5.66. The normalized spacial score (nSPS) is 23.3. The van der Waals surface area contributed by atoms with E-state index in [9.17, 15) is 0 Å². The van der Waals surface area contributed by atoms with Crippen LogP contribution in [0.15, 0.2) is 0 Å². The molecule has 1 aliphatic heterocycles. The summed E-state index contributed by atoms with van der Waals surface area (Å²) in [6.45, 7) is 4.88. The van der Waals surface area contributed by atoms with E-state index in [1.54, 1.807) is 7.11 Å². The molecule has 1 heterocycles. The van der Waals surface area contributed by atoms with Gasteiger partial charge in [-0.15, -0.1) is 0 Å². The van der Waals surface area contributed by atoms with Gasteiger partial charge in [0.1, 0.15) is 0 Å². The van der Waals surface area contributed by atoms with Gasteiger partial charge in [-0.25, -0.2) is 0 Å². The Kier molecular flexibility index (Phi) is 4.34. The summed E-state index contributed by atoms with van der Waals surface area (Å²) in [6, 6.07) is 0.965. The molecule has 1 aliphatic rings. The second kappa shape index (κ2) is 5.07. The third kappa shape index (κ3) is 3.36. The van der Waals surface area contributed by atoms with Gasteiger partial charge in [-0.1, -0.05) is 13.3 Å². The molecule has 13 heavy (non-hydrogen) atoms. The van der Waals surface area contributed by atoms with Crippen molar-refractivity contribution in [2.75, 3.05) is 20.3 Å². The molecule has 1 atom stereocenters. The lowest BCUT2D eigenvalue weighted by Gasteiger charge is -2.26. The summed E-state index contributed by atoms with van der Waals surface area (Å²) in [4.78, 5) is 0. The number of hydrogen-bond acceptors (Lipinski definition) is 4. The largest absolute Gasteiger partial charge is 0.398 e. The van der Waals surface area contributed by atoms with Crippen LogP contribution in [0.2, 0.25) is 12.6 Å². The van der Waals surface area contributed by atoms with Crippen molar-refractivity contribution in [1.82, 2.24) is 0 Å². The Morgan fingerprint density at radius 1 is 1.38 bits per heavy atom. The van der Waals surface area contributed by atoms with E-state index >= 15 is 0 Å². The summed E-state index contributed by atoms with van der Waals surface area (Å²) in [6.07, 6.45) is 1.06. The fourth-order valence-electron chi connectivity index (χ4n) is 1.27. The van der Waals surface area contributed by atoms with Gasteiger partial charge in [0.05, 0.1) is 13.2 Å². The van der Waals surface area contributed by atoms with E-state index in [1.807, 2.05) is 6.55 Å². The van der Waals surface area contributed by atoms with Crippen molar-refractivity contribution < 1.29 is 18.3 Å². The number of rotatable bonds is 5. The van der Waals surface area contributed by atoms with Gasteiger partial charge < -0.3 is 18.3 Å². The van der Waals surface area contributed by atoms with E-state index < -0.39 is 15.0 Å². The first-order valence-electron chi connectivity index (χ1n) is 4.66. The molecular weight excluding hydrogens is 188 g/mol. The molecule has 0 aliphatic carbocycles. The van der Waals surface area contributed by atoms with Crippen molar-refractivity contribution in [1.29, 1.82) is 0 Å². The van der Waals surface area contributed by atoms with Gasteiger partial charge in [-0.2, -0.15) is 0 Å². The van der Waals surface area contributed by atoms with Crippen LogP contribution in [-0.2, 0) is 18.3 Å². The maximum Gasteiger partial charge on any atom is 0.338 e. The van der Waals surface area contributed by atoms with Crippen LogP contribution in [0.3, 0.4) is 0 Å². The minimum atomic E-state index is -2.04. The van der Waals surface area contributed by atoms with Crippen LogP contribution in [0.5, 0.6) is 0 Å². The van der Waals surface area contributed by atoms with E-state index in [4.69, 9.17) is 18.3 Å². The van der Waals surface area contributed by atoms with Crippen LogP contribution in [-0.4, -0.2) is 35.4 Å². The van der Waals surface area contributed by atoms with Gasteiger partial charge in [-0.3, -0.25) is 0 Å². The molecule has 0 bridgehead atoms. The van der Waals surface area contributed by atoms with E-state index in [0.29, 0.717) is 13.2 Å². The summed E-state index contributed by atoms with van der Waals surface area (Å²) in [7, 11) is -0.347. The average molecular weight is 206 g/mol. The highest BCUT2D eigenvalue weighted by atomic mass is 28.4. The second-order valence-electron chi connectivity index (χ2n) is 3.24. The lowest BCUT2D eigenvalue weighted by molar-refractivity contribution is -0.190. The Morgan fingerprint density at radius 3 is 2.46 bits per heavy atom. The number of ether oxygens (including phenoxy) is 2. The van der Waals surface area contributed by atoms with Crippen molar-refractivity contribution in [2.24, 2.45) is 0 Å². The number of hydrogen-bond donors (Lipinski definition) is 0. The minimum absolute atomic E-state index is 0.497. The van der Waals surface area contributed by atoms with Crippen molar-refractivity contribution in [3.05, 3.63) is 0 Å². The highest BCUT2D eigenvalue weighted by Gasteiger charge is 2.34. The van der Waals surface area contributed by atoms with Gasteiger partial charge in [0.2, 0.25) is 0 Å². The Labute approximate surface area is 80.4 Å². The third-order valence-corrected chi connectivity index (χ3v) is 5.04. The van der Waals surface area contributed by atoms with Crippen LogP contribution in [0, 0.1) is 0 Å². The SMILES string of the molecule is CCC[Si](C)(OC)OC1OCCO1. The first-order valence-corrected chi connectivity index (χ1v) is 7.19. The predicted octanol–water partition coefficient (Wildman–Crippen LogP) is 1.46. The topological polar surface area (TPSA) is 36.9 Å². The minimum Gasteiger partial charge on any atom is -0.398 e. The van der Waals surface area contributed by atoms with Crippen LogP contribution >= 0.6 is 0 Å². The molecule has 1 saturated heterocycles. The van der Waals surface area contributed by atoms with Crippen LogP contribution < -0.4 is 0 Å². The van der Waals surface area contributed by atoms with Crippen LogP contribution in [0.25, 0.3) is 0 Å². The molecule has 1 fully saturated rings. The summed E-state index contributed by atoms with van der Waals surface area (Å²) in [5.41, 5.74) is 0. The zero-order valence-corrected chi connectivity index (χ0v) is 9.54. The monoisotopic (exact) mass is 206 g/mol. The van der Waals surface area contributed by atoms with Gasteiger partial charge in [0.15, 0.2) is 0 Å². The van der Waals surface area contributed by atoms with Gasteiger partial charge in [-0.05, 0) is 12.6 Å². The highest BCUT2D eigenvalue weighted by molar-refractivity contribution is 6.65. The molecule has 0 aromatic heterocycles. The van der Waals surface area contributed by atoms with Crippen molar-refractivity contribution in [2.45, 2.75) is 32.4 Å². The molecule has 0 aromatic rings. The van der Waals surface area contributed by atoms with E-state index in [0.717, 1.165) is 12.5 Å². The Morgan fingerprint density at radius 2 is 2.00 bits per heavy atom. The summed E-state index contributed by atoms with van der Waals surface area (Å²) < 4.78 is 21.5. The quantitative estimate of drug-likeness (QED) is 0.638.